The molecule has 3 aromatic rings. The largest absolute Gasteiger partial charge is 0.396 e. The summed E-state index contributed by atoms with van der Waals surface area (Å²) in [5.41, 5.74) is 1.88. The minimum atomic E-state index is 0.155. The molecule has 0 saturated carbocycles. The van der Waals surface area contributed by atoms with Crippen molar-refractivity contribution in [2.75, 3.05) is 11.9 Å². The molecular weight excluding hydrogens is 278 g/mol. The van der Waals surface area contributed by atoms with Crippen molar-refractivity contribution in [3.8, 4) is 11.3 Å². The predicted octanol–water partition coefficient (Wildman–Crippen LogP) is 2.36. The van der Waals surface area contributed by atoms with Crippen LogP contribution in [0.5, 0.6) is 0 Å². The summed E-state index contributed by atoms with van der Waals surface area (Å²) in [6, 6.07) is 12.1. The molecule has 6 heteroatoms. The van der Waals surface area contributed by atoms with Gasteiger partial charge in [-0.25, -0.2) is 4.98 Å². The maximum Gasteiger partial charge on any atom is 0.254 e. The first-order chi connectivity index (χ1) is 10.8. The maximum absolute atomic E-state index is 9.16. The van der Waals surface area contributed by atoms with E-state index in [1.165, 1.54) is 6.33 Å². The Labute approximate surface area is 128 Å². The van der Waals surface area contributed by atoms with E-state index >= 15 is 0 Å². The molecule has 22 heavy (non-hydrogen) atoms. The highest BCUT2D eigenvalue weighted by Crippen LogP contribution is 2.22. The summed E-state index contributed by atoms with van der Waals surface area (Å²) in [4.78, 5) is 8.74. The van der Waals surface area contributed by atoms with Gasteiger partial charge in [0.25, 0.3) is 5.78 Å². The first kappa shape index (κ1) is 14.5. The molecule has 0 aliphatic carbocycles. The lowest BCUT2D eigenvalue weighted by atomic mass is 10.1. The Balaban J connectivity index is 2.02. The van der Waals surface area contributed by atoms with Crippen molar-refractivity contribution >= 4 is 11.6 Å². The van der Waals surface area contributed by atoms with Gasteiger partial charge in [0.05, 0.1) is 5.69 Å². The van der Waals surface area contributed by atoms with E-state index in [1.54, 1.807) is 4.52 Å². The van der Waals surface area contributed by atoms with Crippen molar-refractivity contribution in [1.29, 1.82) is 0 Å². The maximum atomic E-state index is 9.16. The second-order valence-electron chi connectivity index (χ2n) is 5.13. The number of rotatable bonds is 6. The number of aromatic nitrogens is 4. The van der Waals surface area contributed by atoms with Crippen molar-refractivity contribution in [3.05, 3.63) is 42.7 Å². The van der Waals surface area contributed by atoms with Crippen LogP contribution < -0.4 is 5.32 Å². The van der Waals surface area contributed by atoms with E-state index in [-0.39, 0.29) is 12.6 Å². The van der Waals surface area contributed by atoms with Crippen LogP contribution in [0, 0.1) is 0 Å². The van der Waals surface area contributed by atoms with Crippen LogP contribution in [0.15, 0.2) is 42.7 Å². The molecule has 0 bridgehead atoms. The molecule has 114 valence electrons. The van der Waals surface area contributed by atoms with E-state index in [0.717, 1.165) is 23.5 Å². The van der Waals surface area contributed by atoms with E-state index < -0.39 is 0 Å². The van der Waals surface area contributed by atoms with Crippen LogP contribution in [0.25, 0.3) is 17.0 Å². The number of fused-ring (bicyclic) bond motifs is 1. The molecule has 0 saturated heterocycles. The van der Waals surface area contributed by atoms with Gasteiger partial charge in [0, 0.05) is 24.3 Å². The summed E-state index contributed by atoms with van der Waals surface area (Å²) in [5, 5.41) is 16.8. The third kappa shape index (κ3) is 2.92. The average Bonchev–Trinajstić information content (AvgIpc) is 3.04. The predicted molar refractivity (Wildman–Crippen MR) is 85.6 cm³/mol. The molecule has 1 atom stereocenters. The normalized spacial score (nSPS) is 12.5. The lowest BCUT2D eigenvalue weighted by Crippen LogP contribution is -2.22. The van der Waals surface area contributed by atoms with E-state index in [2.05, 4.69) is 27.3 Å². The van der Waals surface area contributed by atoms with Crippen LogP contribution in [-0.4, -0.2) is 37.3 Å². The topological polar surface area (TPSA) is 75.3 Å². The molecule has 2 N–H and O–H groups in total. The van der Waals surface area contributed by atoms with Crippen molar-refractivity contribution in [2.24, 2.45) is 0 Å². The summed E-state index contributed by atoms with van der Waals surface area (Å²) >= 11 is 0. The molecular formula is C16H19N5O. The second kappa shape index (κ2) is 6.53. The van der Waals surface area contributed by atoms with Crippen LogP contribution in [-0.2, 0) is 0 Å². The number of nitrogens with zero attached hydrogens (tertiary/aromatic N) is 4. The van der Waals surface area contributed by atoms with E-state index in [0.29, 0.717) is 12.2 Å². The van der Waals surface area contributed by atoms with Crippen LogP contribution in [0.3, 0.4) is 0 Å². The first-order valence-electron chi connectivity index (χ1n) is 7.45. The Kier molecular flexibility index (Phi) is 4.29. The second-order valence-corrected chi connectivity index (χ2v) is 5.13. The Morgan fingerprint density at radius 1 is 1.27 bits per heavy atom. The standard InChI is InChI=1S/C16H19N5O/c1-2-13(8-9-22)19-15-10-14(12-6-4-3-5-7-12)20-16-17-11-18-21(15)16/h3-7,10-11,13,19,22H,2,8-9H2,1H3. The Hall–Kier alpha value is -2.47. The van der Waals surface area contributed by atoms with Gasteiger partial charge in [0.15, 0.2) is 0 Å². The smallest absolute Gasteiger partial charge is 0.254 e. The monoisotopic (exact) mass is 297 g/mol. The minimum absolute atomic E-state index is 0.155. The highest BCUT2D eigenvalue weighted by atomic mass is 16.3. The highest BCUT2D eigenvalue weighted by Gasteiger charge is 2.12. The van der Waals surface area contributed by atoms with Crippen LogP contribution in [0.4, 0.5) is 5.82 Å². The molecule has 2 aromatic heterocycles. The van der Waals surface area contributed by atoms with Gasteiger partial charge < -0.3 is 10.4 Å². The highest BCUT2D eigenvalue weighted by molar-refractivity contribution is 5.65. The van der Waals surface area contributed by atoms with Gasteiger partial charge >= 0.3 is 0 Å². The van der Waals surface area contributed by atoms with Crippen molar-refractivity contribution in [1.82, 2.24) is 19.6 Å². The molecule has 3 rings (SSSR count). The average molecular weight is 297 g/mol. The number of hydrogen-bond donors (Lipinski definition) is 2. The Morgan fingerprint density at radius 2 is 2.09 bits per heavy atom. The molecule has 6 nitrogen and oxygen atoms in total. The van der Waals surface area contributed by atoms with E-state index in [9.17, 15) is 0 Å². The lowest BCUT2D eigenvalue weighted by molar-refractivity contribution is 0.278. The molecule has 0 aliphatic heterocycles. The number of anilines is 1. The first-order valence-corrected chi connectivity index (χ1v) is 7.45. The fraction of sp³-hybridized carbons (Fsp3) is 0.312. The third-order valence-electron chi connectivity index (χ3n) is 3.64. The molecule has 1 unspecified atom stereocenters. The molecule has 0 aliphatic rings. The van der Waals surface area contributed by atoms with Gasteiger partial charge in [-0.15, -0.1) is 0 Å². The van der Waals surface area contributed by atoms with Crippen LogP contribution >= 0.6 is 0 Å². The van der Waals surface area contributed by atoms with E-state index in [4.69, 9.17) is 5.11 Å². The number of aliphatic hydroxyl groups excluding tert-OH is 1. The summed E-state index contributed by atoms with van der Waals surface area (Å²) in [6.07, 6.45) is 3.10. The number of benzene rings is 1. The van der Waals surface area contributed by atoms with Gasteiger partial charge in [0.2, 0.25) is 0 Å². The summed E-state index contributed by atoms with van der Waals surface area (Å²) in [6.45, 7) is 2.24. The van der Waals surface area contributed by atoms with Crippen molar-refractivity contribution < 1.29 is 5.11 Å². The molecule has 2 heterocycles. The summed E-state index contributed by atoms with van der Waals surface area (Å²) in [5.74, 6) is 1.39. The van der Waals surface area contributed by atoms with Gasteiger partial charge in [-0.1, -0.05) is 37.3 Å². The van der Waals surface area contributed by atoms with Gasteiger partial charge in [-0.2, -0.15) is 14.6 Å². The lowest BCUT2D eigenvalue weighted by Gasteiger charge is -2.18. The number of aliphatic hydroxyl groups is 1. The quantitative estimate of drug-likeness (QED) is 0.730. The van der Waals surface area contributed by atoms with Gasteiger partial charge in [-0.05, 0) is 12.8 Å². The third-order valence-corrected chi connectivity index (χ3v) is 3.64. The molecule has 0 fully saturated rings. The fourth-order valence-electron chi connectivity index (χ4n) is 2.42. The SMILES string of the molecule is CCC(CCO)Nc1cc(-c2ccccc2)nc2ncnn12. The molecule has 0 amide bonds. The van der Waals surface area contributed by atoms with Crippen molar-refractivity contribution in [2.45, 2.75) is 25.8 Å². The zero-order chi connectivity index (χ0) is 15.4. The summed E-state index contributed by atoms with van der Waals surface area (Å²) < 4.78 is 1.69. The number of nitrogens with one attached hydrogen (secondary N) is 1. The van der Waals surface area contributed by atoms with Crippen LogP contribution in [0.2, 0.25) is 0 Å². The van der Waals surface area contributed by atoms with Gasteiger partial charge in [-0.3, -0.25) is 0 Å². The van der Waals surface area contributed by atoms with Crippen LogP contribution in [0.1, 0.15) is 19.8 Å². The molecule has 0 spiro atoms. The molecule has 0 radical (unpaired) electrons. The number of hydrogen-bond acceptors (Lipinski definition) is 5. The minimum Gasteiger partial charge on any atom is -0.396 e. The van der Waals surface area contributed by atoms with Gasteiger partial charge in [0.1, 0.15) is 12.1 Å². The van der Waals surface area contributed by atoms with Crippen molar-refractivity contribution in [3.63, 3.8) is 0 Å². The zero-order valence-corrected chi connectivity index (χ0v) is 12.5. The van der Waals surface area contributed by atoms with E-state index in [1.807, 2.05) is 36.4 Å². The fourth-order valence-corrected chi connectivity index (χ4v) is 2.42. The Bertz CT molecular complexity index is 741. The zero-order valence-electron chi connectivity index (χ0n) is 12.5. The summed E-state index contributed by atoms with van der Waals surface area (Å²) in [7, 11) is 0. The Morgan fingerprint density at radius 3 is 2.82 bits per heavy atom. The molecule has 1 aromatic carbocycles.